The van der Waals surface area contributed by atoms with Gasteiger partial charge in [0.05, 0.1) is 25.4 Å². The molecule has 2 aromatic carbocycles. The smallest absolute Gasteiger partial charge is 0.331 e. The quantitative estimate of drug-likeness (QED) is 0.0622. The fourth-order valence-electron chi connectivity index (χ4n) is 6.16. The van der Waals surface area contributed by atoms with Crippen LogP contribution in [0, 0.1) is 0 Å². The highest BCUT2D eigenvalue weighted by Crippen LogP contribution is 2.35. The van der Waals surface area contributed by atoms with Crippen molar-refractivity contribution in [2.45, 2.75) is 112 Å². The van der Waals surface area contributed by atoms with Gasteiger partial charge >= 0.3 is 5.97 Å². The summed E-state index contributed by atoms with van der Waals surface area (Å²) in [4.78, 5) is 13.3. The highest BCUT2D eigenvalue weighted by molar-refractivity contribution is 5.87. The van der Waals surface area contributed by atoms with Crippen molar-refractivity contribution in [3.63, 3.8) is 0 Å². The number of hydrogen-bond donors (Lipinski definition) is 11. The van der Waals surface area contributed by atoms with E-state index >= 15 is 0 Å². The summed E-state index contributed by atoms with van der Waals surface area (Å²) in [6, 6.07) is 7.82. The Balaban J connectivity index is 1.49. The number of carbonyl (C=O) groups is 1. The van der Waals surface area contributed by atoms with Gasteiger partial charge in [-0.25, -0.2) is 4.79 Å². The summed E-state index contributed by atoms with van der Waals surface area (Å²) in [5.41, 5.74) is 0.798. The van der Waals surface area contributed by atoms with E-state index in [0.29, 0.717) is 5.56 Å². The molecule has 1 unspecified atom stereocenters. The van der Waals surface area contributed by atoms with E-state index in [2.05, 4.69) is 0 Å². The predicted octanol–water partition coefficient (Wildman–Crippen LogP) is -2.16. The Hall–Kier alpha value is -3.67. The maximum Gasteiger partial charge on any atom is 0.331 e. The first kappa shape index (κ1) is 41.5. The Morgan fingerprint density at radius 1 is 0.667 bits per heavy atom. The van der Waals surface area contributed by atoms with Gasteiger partial charge in [-0.2, -0.15) is 0 Å². The van der Waals surface area contributed by atoms with E-state index in [1.807, 2.05) is 0 Å². The Bertz CT molecular complexity index is 1590. The molecule has 15 atom stereocenters. The van der Waals surface area contributed by atoms with E-state index in [4.69, 9.17) is 33.2 Å². The van der Waals surface area contributed by atoms with Crippen molar-refractivity contribution in [3.05, 3.63) is 53.6 Å². The monoisotopic (exact) mass is 770 g/mol. The Labute approximate surface area is 308 Å². The fourth-order valence-corrected chi connectivity index (χ4v) is 6.16. The van der Waals surface area contributed by atoms with Crippen LogP contribution in [0.4, 0.5) is 0 Å². The third kappa shape index (κ3) is 9.40. The second kappa shape index (κ2) is 17.9. The number of hydrogen-bond acceptors (Lipinski definition) is 19. The number of rotatable bonds is 12. The summed E-state index contributed by atoms with van der Waals surface area (Å²) < 4.78 is 41.3. The number of aromatic hydroxyl groups is 4. The zero-order chi connectivity index (χ0) is 39.4. The number of ether oxygens (including phenoxy) is 7. The van der Waals surface area contributed by atoms with Gasteiger partial charge in [-0.05, 0) is 61.7 Å². The fraction of sp³-hybridized carbons (Fsp3) is 0.571. The van der Waals surface area contributed by atoms with Gasteiger partial charge in [0, 0.05) is 6.08 Å². The van der Waals surface area contributed by atoms with Gasteiger partial charge in [-0.3, -0.25) is 0 Å². The van der Waals surface area contributed by atoms with Crippen molar-refractivity contribution >= 4 is 12.0 Å². The average Bonchev–Trinajstić information content (AvgIpc) is 3.14. The van der Waals surface area contributed by atoms with Gasteiger partial charge in [-0.1, -0.05) is 12.1 Å². The van der Waals surface area contributed by atoms with Gasteiger partial charge in [0.2, 0.25) is 0 Å². The molecule has 19 heteroatoms. The molecule has 3 fully saturated rings. The highest BCUT2D eigenvalue weighted by atomic mass is 16.8. The first-order valence-corrected chi connectivity index (χ1v) is 17.1. The lowest BCUT2D eigenvalue weighted by Crippen LogP contribution is -2.67. The minimum Gasteiger partial charge on any atom is -0.504 e. The lowest BCUT2D eigenvalue weighted by molar-refractivity contribution is -0.389. The SMILES string of the molecule is C[C@@H]1O[C@@H](O[C@H]2[C@H](OC(=O)/C=C/c3ccc(O)c(O)c3)[C@@H](CO)OC(OCCc3ccc(O)c(O)c3)[C@@H]2O[C@@H]2O[C@@H](C)[C@H](O)[C@@H](O)[C@H]2O)[C@H](O)[C@H](O)[C@H]1O. The largest absolute Gasteiger partial charge is 0.504 e. The van der Waals surface area contributed by atoms with Gasteiger partial charge in [0.25, 0.3) is 0 Å². The molecule has 0 radical (unpaired) electrons. The average molecular weight is 771 g/mol. The van der Waals surface area contributed by atoms with Crippen LogP contribution in [0.5, 0.6) is 23.0 Å². The third-order valence-corrected chi connectivity index (χ3v) is 9.35. The maximum absolute atomic E-state index is 13.3. The van der Waals surface area contributed by atoms with Crippen molar-refractivity contribution in [1.82, 2.24) is 0 Å². The molecule has 19 nitrogen and oxygen atoms in total. The molecule has 3 heterocycles. The normalized spacial score (nSPS) is 37.3. The predicted molar refractivity (Wildman–Crippen MR) is 178 cm³/mol. The van der Waals surface area contributed by atoms with Crippen LogP contribution in [-0.4, -0.2) is 167 Å². The van der Waals surface area contributed by atoms with Crippen LogP contribution >= 0.6 is 0 Å². The van der Waals surface area contributed by atoms with E-state index in [1.165, 1.54) is 56.3 Å². The number of benzene rings is 2. The van der Waals surface area contributed by atoms with Gasteiger partial charge < -0.3 is 89.3 Å². The molecule has 0 aromatic heterocycles. The molecule has 5 rings (SSSR count). The van der Waals surface area contributed by atoms with Gasteiger partial charge in [0.15, 0.2) is 48.0 Å². The Morgan fingerprint density at radius 2 is 1.22 bits per heavy atom. The van der Waals surface area contributed by atoms with Crippen molar-refractivity contribution in [3.8, 4) is 23.0 Å². The van der Waals surface area contributed by atoms with Crippen LogP contribution in [-0.2, 0) is 44.4 Å². The lowest BCUT2D eigenvalue weighted by atomic mass is 9.96. The van der Waals surface area contributed by atoms with Crippen LogP contribution in [0.2, 0.25) is 0 Å². The molecule has 0 bridgehead atoms. The first-order valence-electron chi connectivity index (χ1n) is 17.1. The number of carbonyl (C=O) groups excluding carboxylic acids is 1. The topological polar surface area (TPSA) is 304 Å². The minimum atomic E-state index is -1.89. The molecule has 0 spiro atoms. The van der Waals surface area contributed by atoms with Crippen LogP contribution in [0.25, 0.3) is 6.08 Å². The van der Waals surface area contributed by atoms with E-state index < -0.39 is 116 Å². The number of aliphatic hydroxyl groups is 7. The molecule has 3 saturated heterocycles. The molecular formula is C35H46O19. The number of phenols is 4. The molecule has 3 aliphatic heterocycles. The summed E-state index contributed by atoms with van der Waals surface area (Å²) in [6.45, 7) is 1.78. The molecule has 3 aliphatic rings. The molecule has 54 heavy (non-hydrogen) atoms. The minimum absolute atomic E-state index is 0.113. The molecule has 11 N–H and O–H groups in total. The zero-order valence-electron chi connectivity index (χ0n) is 29.1. The van der Waals surface area contributed by atoms with Crippen molar-refractivity contribution in [2.24, 2.45) is 0 Å². The van der Waals surface area contributed by atoms with Crippen LogP contribution in [0.3, 0.4) is 0 Å². The van der Waals surface area contributed by atoms with Crippen molar-refractivity contribution in [1.29, 1.82) is 0 Å². The van der Waals surface area contributed by atoms with Crippen LogP contribution in [0.1, 0.15) is 25.0 Å². The van der Waals surface area contributed by atoms with Gasteiger partial charge in [-0.15, -0.1) is 0 Å². The van der Waals surface area contributed by atoms with E-state index in [0.717, 1.165) is 6.08 Å². The number of phenolic OH excluding ortho intramolecular Hbond substituents is 4. The van der Waals surface area contributed by atoms with Gasteiger partial charge in [0.1, 0.15) is 54.9 Å². The molecule has 2 aromatic rings. The van der Waals surface area contributed by atoms with E-state index in [1.54, 1.807) is 0 Å². The zero-order valence-corrected chi connectivity index (χ0v) is 29.1. The van der Waals surface area contributed by atoms with Crippen LogP contribution < -0.4 is 0 Å². The standard InChI is InChI=1S/C35H46O19/c1-14-24(42)26(44)28(46)33(49-14)53-31-30(52-23(41)8-5-16-3-6-18(37)20(39)11-16)22(13-36)51-35(48-10-9-17-4-7-19(38)21(40)12-17)32(31)54-34-29(47)27(45)25(43)15(2)50-34/h3-8,11-12,14-15,22,24-40,42-47H,9-10,13H2,1-2H3/b8-5+/t14-,15-,22+,24-,25-,26+,27+,28+,29+,30+,31-,32+,33-,34-,35?/m0/s1. The number of esters is 1. The van der Waals surface area contributed by atoms with E-state index in [-0.39, 0.29) is 30.1 Å². The summed E-state index contributed by atoms with van der Waals surface area (Å²) in [7, 11) is 0. The second-order valence-electron chi connectivity index (χ2n) is 13.2. The second-order valence-corrected chi connectivity index (χ2v) is 13.2. The van der Waals surface area contributed by atoms with E-state index in [9.17, 15) is 61.0 Å². The molecule has 0 saturated carbocycles. The summed E-state index contributed by atoms with van der Waals surface area (Å²) in [5, 5.41) is 113. The highest BCUT2D eigenvalue weighted by Gasteiger charge is 2.55. The summed E-state index contributed by atoms with van der Waals surface area (Å²) in [5.74, 6) is -2.64. The van der Waals surface area contributed by atoms with Crippen molar-refractivity contribution in [2.75, 3.05) is 13.2 Å². The summed E-state index contributed by atoms with van der Waals surface area (Å²) in [6.07, 6.45) is -21.7. The Morgan fingerprint density at radius 3 is 1.78 bits per heavy atom. The van der Waals surface area contributed by atoms with Crippen LogP contribution in [0.15, 0.2) is 42.5 Å². The molecule has 0 amide bonds. The first-order chi connectivity index (χ1) is 25.6. The van der Waals surface area contributed by atoms with Crippen molar-refractivity contribution < 1.29 is 94.1 Å². The maximum atomic E-state index is 13.3. The molecule has 300 valence electrons. The molecule has 0 aliphatic carbocycles. The molecular weight excluding hydrogens is 724 g/mol. The third-order valence-electron chi connectivity index (χ3n) is 9.35. The summed E-state index contributed by atoms with van der Waals surface area (Å²) >= 11 is 0. The number of aliphatic hydroxyl groups excluding tert-OH is 7. The Kier molecular flexibility index (Phi) is 13.7. The lowest BCUT2D eigenvalue weighted by Gasteiger charge is -2.49.